The molecule has 5 nitrogen and oxygen atoms in total. The van der Waals surface area contributed by atoms with Crippen molar-refractivity contribution in [3.05, 3.63) is 18.0 Å². The number of carbonyl (C=O) groups is 1. The molecule has 0 radical (unpaired) electrons. The van der Waals surface area contributed by atoms with Crippen LogP contribution in [0.2, 0.25) is 0 Å². The zero-order valence-electron chi connectivity index (χ0n) is 14.9. The molecule has 0 aliphatic heterocycles. The molecule has 23 heavy (non-hydrogen) atoms. The minimum absolute atomic E-state index is 0.0391. The van der Waals surface area contributed by atoms with Gasteiger partial charge in [-0.2, -0.15) is 5.10 Å². The van der Waals surface area contributed by atoms with Crippen LogP contribution in [0.15, 0.2) is 12.4 Å². The van der Waals surface area contributed by atoms with Crippen molar-refractivity contribution in [1.29, 1.82) is 0 Å². The van der Waals surface area contributed by atoms with Crippen molar-refractivity contribution in [2.24, 2.45) is 30.2 Å². The van der Waals surface area contributed by atoms with Crippen LogP contribution in [-0.4, -0.2) is 33.9 Å². The van der Waals surface area contributed by atoms with E-state index in [0.29, 0.717) is 12.5 Å². The summed E-state index contributed by atoms with van der Waals surface area (Å²) in [6, 6.07) is 0. The second kappa shape index (κ2) is 7.47. The van der Waals surface area contributed by atoms with Crippen LogP contribution < -0.4 is 5.32 Å². The molecule has 1 aromatic rings. The van der Waals surface area contributed by atoms with Crippen LogP contribution >= 0.6 is 0 Å². The molecule has 1 amide bonds. The van der Waals surface area contributed by atoms with E-state index in [9.17, 15) is 9.90 Å². The molecule has 0 aromatic carbocycles. The fourth-order valence-electron chi connectivity index (χ4n) is 4.05. The summed E-state index contributed by atoms with van der Waals surface area (Å²) in [5.74, 6) is 0.886. The van der Waals surface area contributed by atoms with Crippen molar-refractivity contribution >= 4 is 5.91 Å². The van der Waals surface area contributed by atoms with E-state index in [0.717, 1.165) is 24.8 Å². The third-order valence-corrected chi connectivity index (χ3v) is 4.86. The van der Waals surface area contributed by atoms with E-state index in [1.165, 1.54) is 6.42 Å². The summed E-state index contributed by atoms with van der Waals surface area (Å²) in [6.07, 6.45) is 7.62. The van der Waals surface area contributed by atoms with E-state index >= 15 is 0 Å². The number of hydrogen-bond acceptors (Lipinski definition) is 3. The van der Waals surface area contributed by atoms with Crippen LogP contribution in [-0.2, 0) is 18.3 Å². The zero-order chi connectivity index (χ0) is 17.0. The van der Waals surface area contributed by atoms with Gasteiger partial charge in [0.1, 0.15) is 0 Å². The molecule has 2 rings (SSSR count). The fraction of sp³-hybridized carbons (Fsp3) is 0.778. The van der Waals surface area contributed by atoms with E-state index in [-0.39, 0.29) is 29.8 Å². The SMILES string of the molecule is C[C@@H]1C[C@@H](C(=O)NC[C@H](CO)Cc2cnn(C)c2)CC(C)(C)C1. The minimum Gasteiger partial charge on any atom is -0.396 e. The zero-order valence-corrected chi connectivity index (χ0v) is 14.9. The first kappa shape index (κ1) is 18.0. The minimum atomic E-state index is 0.0391. The summed E-state index contributed by atoms with van der Waals surface area (Å²) < 4.78 is 1.76. The Hall–Kier alpha value is -1.36. The molecule has 0 unspecified atom stereocenters. The number of aliphatic hydroxyl groups is 1. The van der Waals surface area contributed by atoms with Crippen molar-refractivity contribution in [2.75, 3.05) is 13.2 Å². The normalized spacial score (nSPS) is 25.1. The predicted octanol–water partition coefficient (Wildman–Crippen LogP) is 2.15. The first-order chi connectivity index (χ1) is 10.8. The van der Waals surface area contributed by atoms with Crippen molar-refractivity contribution in [3.8, 4) is 0 Å². The molecule has 1 heterocycles. The predicted molar refractivity (Wildman–Crippen MR) is 90.8 cm³/mol. The Morgan fingerprint density at radius 1 is 1.52 bits per heavy atom. The summed E-state index contributed by atoms with van der Waals surface area (Å²) in [4.78, 5) is 12.5. The molecule has 1 aliphatic carbocycles. The maximum Gasteiger partial charge on any atom is 0.223 e. The van der Waals surface area contributed by atoms with E-state index in [1.807, 2.05) is 19.4 Å². The van der Waals surface area contributed by atoms with E-state index in [2.05, 4.69) is 31.2 Å². The third kappa shape index (κ3) is 5.34. The highest BCUT2D eigenvalue weighted by molar-refractivity contribution is 5.78. The van der Waals surface area contributed by atoms with Crippen molar-refractivity contribution < 1.29 is 9.90 Å². The van der Waals surface area contributed by atoms with Gasteiger partial charge in [0.05, 0.1) is 6.20 Å². The van der Waals surface area contributed by atoms with Crippen LogP contribution in [0.4, 0.5) is 0 Å². The highest BCUT2D eigenvalue weighted by Gasteiger charge is 2.35. The Balaban J connectivity index is 1.84. The van der Waals surface area contributed by atoms with Gasteiger partial charge in [-0.05, 0) is 42.6 Å². The van der Waals surface area contributed by atoms with Gasteiger partial charge in [-0.1, -0.05) is 20.8 Å². The summed E-state index contributed by atoms with van der Waals surface area (Å²) >= 11 is 0. The number of rotatable bonds is 6. The molecule has 1 saturated carbocycles. The number of aryl methyl sites for hydroxylation is 1. The topological polar surface area (TPSA) is 67.2 Å². The molecule has 5 heteroatoms. The van der Waals surface area contributed by atoms with Gasteiger partial charge in [-0.25, -0.2) is 0 Å². The second-order valence-electron chi connectivity index (χ2n) is 8.13. The van der Waals surface area contributed by atoms with Gasteiger partial charge >= 0.3 is 0 Å². The Bertz CT molecular complexity index is 524. The van der Waals surface area contributed by atoms with E-state index in [4.69, 9.17) is 0 Å². The molecule has 2 N–H and O–H groups in total. The molecular weight excluding hydrogens is 290 g/mol. The van der Waals surface area contributed by atoms with E-state index in [1.54, 1.807) is 4.68 Å². The molecule has 0 saturated heterocycles. The van der Waals surface area contributed by atoms with Crippen LogP contribution in [0, 0.1) is 23.2 Å². The fourth-order valence-corrected chi connectivity index (χ4v) is 4.05. The van der Waals surface area contributed by atoms with Gasteiger partial charge in [0.15, 0.2) is 0 Å². The monoisotopic (exact) mass is 321 g/mol. The van der Waals surface area contributed by atoms with Crippen LogP contribution in [0.5, 0.6) is 0 Å². The van der Waals surface area contributed by atoms with Crippen molar-refractivity contribution in [2.45, 2.75) is 46.5 Å². The summed E-state index contributed by atoms with van der Waals surface area (Å²) in [5.41, 5.74) is 1.33. The number of nitrogens with zero attached hydrogens (tertiary/aromatic N) is 2. The average molecular weight is 321 g/mol. The van der Waals surface area contributed by atoms with Gasteiger partial charge in [0, 0.05) is 38.2 Å². The largest absolute Gasteiger partial charge is 0.396 e. The van der Waals surface area contributed by atoms with Crippen molar-refractivity contribution in [3.63, 3.8) is 0 Å². The average Bonchev–Trinajstić information content (AvgIpc) is 2.86. The molecule has 0 bridgehead atoms. The lowest BCUT2D eigenvalue weighted by Crippen LogP contribution is -2.40. The Kier molecular flexibility index (Phi) is 5.84. The highest BCUT2D eigenvalue weighted by atomic mass is 16.3. The quantitative estimate of drug-likeness (QED) is 0.843. The molecule has 3 atom stereocenters. The molecule has 0 spiro atoms. The van der Waals surface area contributed by atoms with Gasteiger partial charge in [0.2, 0.25) is 5.91 Å². The van der Waals surface area contributed by atoms with Crippen LogP contribution in [0.1, 0.15) is 45.6 Å². The maximum absolute atomic E-state index is 12.5. The second-order valence-corrected chi connectivity index (χ2v) is 8.13. The van der Waals surface area contributed by atoms with Crippen LogP contribution in [0.3, 0.4) is 0 Å². The summed E-state index contributed by atoms with van der Waals surface area (Å²) in [7, 11) is 1.88. The number of hydrogen-bond donors (Lipinski definition) is 2. The number of aliphatic hydroxyl groups excluding tert-OH is 1. The smallest absolute Gasteiger partial charge is 0.223 e. The summed E-state index contributed by atoms with van der Waals surface area (Å²) in [5, 5.41) is 16.8. The Morgan fingerprint density at radius 3 is 2.83 bits per heavy atom. The molecule has 130 valence electrons. The number of carbonyl (C=O) groups excluding carboxylic acids is 1. The summed E-state index contributed by atoms with van der Waals surface area (Å²) in [6.45, 7) is 7.33. The molecule has 1 aromatic heterocycles. The number of nitrogens with one attached hydrogen (secondary N) is 1. The van der Waals surface area contributed by atoms with E-state index < -0.39 is 0 Å². The van der Waals surface area contributed by atoms with Crippen LogP contribution in [0.25, 0.3) is 0 Å². The van der Waals surface area contributed by atoms with Gasteiger partial charge in [-0.15, -0.1) is 0 Å². The number of amides is 1. The standard InChI is InChI=1S/C18H31N3O2/c1-13-5-16(8-18(2,3)7-13)17(23)19-9-15(12-22)6-14-10-20-21(4)11-14/h10-11,13,15-16,22H,5-9,12H2,1-4H3,(H,19,23)/t13-,15-,16-/m1/s1. The highest BCUT2D eigenvalue weighted by Crippen LogP contribution is 2.41. The lowest BCUT2D eigenvalue weighted by atomic mass is 9.68. The molecular formula is C18H31N3O2. The van der Waals surface area contributed by atoms with Gasteiger partial charge in [-0.3, -0.25) is 9.48 Å². The Morgan fingerprint density at radius 2 is 2.26 bits per heavy atom. The van der Waals surface area contributed by atoms with Gasteiger partial charge in [0.25, 0.3) is 0 Å². The third-order valence-electron chi connectivity index (χ3n) is 4.86. The van der Waals surface area contributed by atoms with Crippen molar-refractivity contribution in [1.82, 2.24) is 15.1 Å². The lowest BCUT2D eigenvalue weighted by Gasteiger charge is -2.38. The first-order valence-electron chi connectivity index (χ1n) is 8.65. The maximum atomic E-state index is 12.5. The van der Waals surface area contributed by atoms with Gasteiger partial charge < -0.3 is 10.4 Å². The molecule has 1 fully saturated rings. The Labute approximate surface area is 139 Å². The lowest BCUT2D eigenvalue weighted by molar-refractivity contribution is -0.128. The first-order valence-corrected chi connectivity index (χ1v) is 8.65. The molecule has 1 aliphatic rings. The number of aromatic nitrogens is 2.